The van der Waals surface area contributed by atoms with E-state index in [4.69, 9.17) is 0 Å². The van der Waals surface area contributed by atoms with Crippen LogP contribution in [0.15, 0.2) is 18.2 Å². The van der Waals surface area contributed by atoms with Crippen molar-refractivity contribution in [3.05, 3.63) is 33.9 Å². The molecule has 0 bridgehead atoms. The van der Waals surface area contributed by atoms with Crippen molar-refractivity contribution in [3.8, 4) is 0 Å². The minimum atomic E-state index is -4.32. The molecule has 4 nitrogen and oxygen atoms in total. The van der Waals surface area contributed by atoms with Crippen LogP contribution >= 0.6 is 15.9 Å². The third-order valence-electron chi connectivity index (χ3n) is 2.62. The van der Waals surface area contributed by atoms with Crippen LogP contribution in [0.25, 0.3) is 0 Å². The lowest BCUT2D eigenvalue weighted by molar-refractivity contribution is -0.384. The molecule has 0 unspecified atom stereocenters. The molecule has 1 aromatic rings. The topological polar surface area (TPSA) is 46.4 Å². The predicted octanol–water partition coefficient (Wildman–Crippen LogP) is 4.27. The van der Waals surface area contributed by atoms with Crippen LogP contribution in [0.3, 0.4) is 0 Å². The van der Waals surface area contributed by atoms with Crippen LogP contribution in [0.2, 0.25) is 0 Å². The van der Waals surface area contributed by atoms with Gasteiger partial charge in [-0.1, -0.05) is 22.9 Å². The van der Waals surface area contributed by atoms with Crippen molar-refractivity contribution in [2.45, 2.75) is 24.9 Å². The molecule has 1 aromatic carbocycles. The maximum absolute atomic E-state index is 12.6. The first-order valence-electron chi connectivity index (χ1n) is 5.93. The number of rotatable bonds is 6. The smallest absolute Gasteiger partial charge is 0.362 e. The zero-order chi connectivity index (χ0) is 15.3. The van der Waals surface area contributed by atoms with Gasteiger partial charge in [0.1, 0.15) is 6.54 Å². The van der Waals surface area contributed by atoms with E-state index in [1.165, 1.54) is 23.1 Å². The normalized spacial score (nSPS) is 11.4. The average molecular weight is 355 g/mol. The number of nitro groups is 1. The molecule has 1 rings (SSSR count). The summed E-state index contributed by atoms with van der Waals surface area (Å²) in [6.45, 7) is 0.943. The van der Waals surface area contributed by atoms with E-state index in [2.05, 4.69) is 15.9 Å². The van der Waals surface area contributed by atoms with Gasteiger partial charge in [0.2, 0.25) is 0 Å². The van der Waals surface area contributed by atoms with Gasteiger partial charge in [-0.15, -0.1) is 0 Å². The molecule has 8 heteroatoms. The van der Waals surface area contributed by atoms with Gasteiger partial charge in [-0.05, 0) is 18.1 Å². The van der Waals surface area contributed by atoms with E-state index in [0.717, 1.165) is 0 Å². The highest BCUT2D eigenvalue weighted by Gasteiger charge is 2.31. The predicted molar refractivity (Wildman–Crippen MR) is 74.3 cm³/mol. The third kappa shape index (κ3) is 4.66. The number of hydrogen-bond donors (Lipinski definition) is 0. The van der Waals surface area contributed by atoms with Crippen LogP contribution in [0.5, 0.6) is 0 Å². The molecule has 0 saturated carbocycles. The molecule has 0 radical (unpaired) electrons. The van der Waals surface area contributed by atoms with Crippen molar-refractivity contribution in [2.24, 2.45) is 0 Å². The van der Waals surface area contributed by atoms with Crippen LogP contribution in [-0.2, 0) is 5.33 Å². The number of alkyl halides is 4. The Morgan fingerprint density at radius 2 is 2.05 bits per heavy atom. The Hall–Kier alpha value is -1.31. The second-order valence-electron chi connectivity index (χ2n) is 4.24. The highest BCUT2D eigenvalue weighted by molar-refractivity contribution is 9.08. The molecule has 0 aliphatic heterocycles. The Morgan fingerprint density at radius 1 is 1.40 bits per heavy atom. The molecule has 0 aliphatic carbocycles. The maximum atomic E-state index is 12.6. The standard InChI is InChI=1S/C12H14BrF3N2O2/c1-2-5-17(8-12(14,15)16)11-4-3-10(18(19)20)6-9(11)7-13/h3-4,6H,2,5,7-8H2,1H3. The number of nitrogens with zero attached hydrogens (tertiary/aromatic N) is 2. The molecule has 0 fully saturated rings. The number of benzene rings is 1. The lowest BCUT2D eigenvalue weighted by Crippen LogP contribution is -2.35. The van der Waals surface area contributed by atoms with Crippen molar-refractivity contribution >= 4 is 27.3 Å². The molecule has 0 aromatic heterocycles. The van der Waals surface area contributed by atoms with Gasteiger partial charge in [-0.3, -0.25) is 10.1 Å². The van der Waals surface area contributed by atoms with E-state index >= 15 is 0 Å². The lowest BCUT2D eigenvalue weighted by Gasteiger charge is -2.27. The molecule has 0 atom stereocenters. The van der Waals surface area contributed by atoms with Gasteiger partial charge < -0.3 is 4.90 Å². The minimum Gasteiger partial charge on any atom is -0.362 e. The van der Waals surface area contributed by atoms with E-state index < -0.39 is 17.6 Å². The molecular weight excluding hydrogens is 341 g/mol. The Morgan fingerprint density at radius 3 is 2.50 bits per heavy atom. The fourth-order valence-corrected chi connectivity index (χ4v) is 2.32. The fraction of sp³-hybridized carbons (Fsp3) is 0.500. The van der Waals surface area contributed by atoms with E-state index in [1.54, 1.807) is 6.92 Å². The summed E-state index contributed by atoms with van der Waals surface area (Å²) in [5.41, 5.74) is 0.704. The van der Waals surface area contributed by atoms with Crippen LogP contribution in [0.4, 0.5) is 24.5 Å². The minimum absolute atomic E-state index is 0.133. The zero-order valence-electron chi connectivity index (χ0n) is 10.8. The average Bonchev–Trinajstić information content (AvgIpc) is 2.35. The summed E-state index contributed by atoms with van der Waals surface area (Å²) in [6, 6.07) is 3.89. The lowest BCUT2D eigenvalue weighted by atomic mass is 10.1. The number of anilines is 1. The van der Waals surface area contributed by atoms with E-state index in [-0.39, 0.29) is 17.6 Å². The van der Waals surface area contributed by atoms with E-state index in [1.807, 2.05) is 0 Å². The number of nitro benzene ring substituents is 1. The van der Waals surface area contributed by atoms with Crippen LogP contribution in [0.1, 0.15) is 18.9 Å². The van der Waals surface area contributed by atoms with Gasteiger partial charge in [0.15, 0.2) is 0 Å². The molecule has 0 heterocycles. The maximum Gasteiger partial charge on any atom is 0.405 e. The first-order valence-corrected chi connectivity index (χ1v) is 7.05. The number of hydrogen-bond acceptors (Lipinski definition) is 3. The molecular formula is C12H14BrF3N2O2. The third-order valence-corrected chi connectivity index (χ3v) is 3.23. The Bertz CT molecular complexity index is 480. The van der Waals surface area contributed by atoms with Crippen LogP contribution in [0, 0.1) is 10.1 Å². The van der Waals surface area contributed by atoms with Crippen molar-refractivity contribution in [1.82, 2.24) is 0 Å². The summed E-state index contributed by atoms with van der Waals surface area (Å²) in [5.74, 6) is 0. The SMILES string of the molecule is CCCN(CC(F)(F)F)c1ccc([N+](=O)[O-])cc1CBr. The summed E-state index contributed by atoms with van der Waals surface area (Å²) in [4.78, 5) is 11.3. The summed E-state index contributed by atoms with van der Waals surface area (Å²) >= 11 is 3.16. The summed E-state index contributed by atoms with van der Waals surface area (Å²) in [7, 11) is 0. The fourth-order valence-electron chi connectivity index (χ4n) is 1.87. The number of non-ortho nitro benzene ring substituents is 1. The van der Waals surface area contributed by atoms with Crippen LogP contribution in [-0.4, -0.2) is 24.2 Å². The van der Waals surface area contributed by atoms with Crippen molar-refractivity contribution in [2.75, 3.05) is 18.0 Å². The summed E-state index contributed by atoms with van der Waals surface area (Å²) < 4.78 is 37.8. The quantitative estimate of drug-likeness (QED) is 0.435. The molecule has 0 saturated heterocycles. The largest absolute Gasteiger partial charge is 0.405 e. The number of halogens is 4. The van der Waals surface area contributed by atoms with Gasteiger partial charge in [0, 0.05) is 29.7 Å². The van der Waals surface area contributed by atoms with E-state index in [9.17, 15) is 23.3 Å². The molecule has 0 N–H and O–H groups in total. The molecule has 0 aliphatic rings. The Labute approximate surface area is 122 Å². The molecule has 20 heavy (non-hydrogen) atoms. The monoisotopic (exact) mass is 354 g/mol. The zero-order valence-corrected chi connectivity index (χ0v) is 12.4. The van der Waals surface area contributed by atoms with Gasteiger partial charge >= 0.3 is 6.18 Å². The van der Waals surface area contributed by atoms with Gasteiger partial charge in [0.05, 0.1) is 4.92 Å². The summed E-state index contributed by atoms with van der Waals surface area (Å²) in [6.07, 6.45) is -3.77. The second kappa shape index (κ2) is 6.92. The van der Waals surface area contributed by atoms with Gasteiger partial charge in [-0.2, -0.15) is 13.2 Å². The highest BCUT2D eigenvalue weighted by atomic mass is 79.9. The van der Waals surface area contributed by atoms with Gasteiger partial charge in [-0.25, -0.2) is 0 Å². The molecule has 112 valence electrons. The van der Waals surface area contributed by atoms with Crippen molar-refractivity contribution in [1.29, 1.82) is 0 Å². The Kier molecular flexibility index (Phi) is 5.79. The van der Waals surface area contributed by atoms with E-state index in [0.29, 0.717) is 17.7 Å². The summed E-state index contributed by atoms with van der Waals surface area (Å²) in [5, 5.41) is 11.0. The Balaban J connectivity index is 3.15. The second-order valence-corrected chi connectivity index (χ2v) is 4.80. The van der Waals surface area contributed by atoms with Crippen molar-refractivity contribution in [3.63, 3.8) is 0 Å². The van der Waals surface area contributed by atoms with Crippen LogP contribution < -0.4 is 4.90 Å². The van der Waals surface area contributed by atoms with Gasteiger partial charge in [0.25, 0.3) is 5.69 Å². The highest BCUT2D eigenvalue weighted by Crippen LogP contribution is 2.30. The molecule has 0 amide bonds. The van der Waals surface area contributed by atoms with Crippen molar-refractivity contribution < 1.29 is 18.1 Å². The first kappa shape index (κ1) is 16.7. The molecule has 0 spiro atoms. The first-order chi connectivity index (χ1) is 9.28.